The molecule has 1 aliphatic rings. The zero-order chi connectivity index (χ0) is 15.6. The maximum absolute atomic E-state index is 5.59. The predicted molar refractivity (Wildman–Crippen MR) is 87.4 cm³/mol. The van der Waals surface area contributed by atoms with E-state index in [1.165, 1.54) is 0 Å². The first-order chi connectivity index (χ1) is 9.92. The van der Waals surface area contributed by atoms with Gasteiger partial charge in [0.1, 0.15) is 17.5 Å². The summed E-state index contributed by atoms with van der Waals surface area (Å²) >= 11 is 0. The van der Waals surface area contributed by atoms with Crippen LogP contribution in [0, 0.1) is 12.8 Å². The van der Waals surface area contributed by atoms with Crippen LogP contribution in [-0.4, -0.2) is 41.0 Å². The molecule has 0 aromatic carbocycles. The van der Waals surface area contributed by atoms with E-state index in [0.717, 1.165) is 36.7 Å². The van der Waals surface area contributed by atoms with Crippen LogP contribution < -0.4 is 16.6 Å². The Labute approximate surface area is 127 Å². The summed E-state index contributed by atoms with van der Waals surface area (Å²) in [5.41, 5.74) is 3.67. The standard InChI is InChI=1S/C15H28N6/c1-9(2)13-18-14(11(4)15(19-13)20-16)17-12-6-7-21(5)8-10(12)3/h9-10,12H,6-8,16H2,1-5H3,(H2,17,18,19,20). The fraction of sp³-hybridized carbons (Fsp3) is 0.733. The maximum Gasteiger partial charge on any atom is 0.148 e. The largest absolute Gasteiger partial charge is 0.367 e. The van der Waals surface area contributed by atoms with Crippen molar-refractivity contribution in [3.05, 3.63) is 11.4 Å². The van der Waals surface area contributed by atoms with Crippen molar-refractivity contribution < 1.29 is 0 Å². The first-order valence-electron chi connectivity index (χ1n) is 7.72. The summed E-state index contributed by atoms with van der Waals surface area (Å²) in [6, 6.07) is 0.445. The van der Waals surface area contributed by atoms with Crippen molar-refractivity contribution in [2.45, 2.75) is 46.1 Å². The van der Waals surface area contributed by atoms with Crippen molar-refractivity contribution in [1.82, 2.24) is 14.9 Å². The molecule has 0 saturated carbocycles. The Balaban J connectivity index is 2.24. The number of nitrogens with one attached hydrogen (secondary N) is 2. The summed E-state index contributed by atoms with van der Waals surface area (Å²) in [4.78, 5) is 11.6. The van der Waals surface area contributed by atoms with Gasteiger partial charge in [-0.05, 0) is 32.9 Å². The Kier molecular flexibility index (Phi) is 5.00. The van der Waals surface area contributed by atoms with Gasteiger partial charge in [-0.3, -0.25) is 0 Å². The van der Waals surface area contributed by atoms with Crippen LogP contribution in [0.25, 0.3) is 0 Å². The lowest BCUT2D eigenvalue weighted by atomic mass is 9.94. The smallest absolute Gasteiger partial charge is 0.148 e. The number of hydrogen-bond acceptors (Lipinski definition) is 6. The molecule has 118 valence electrons. The minimum absolute atomic E-state index is 0.271. The molecule has 1 saturated heterocycles. The van der Waals surface area contributed by atoms with Crippen molar-refractivity contribution in [2.75, 3.05) is 30.9 Å². The summed E-state index contributed by atoms with van der Waals surface area (Å²) in [6.07, 6.45) is 1.13. The van der Waals surface area contributed by atoms with Gasteiger partial charge in [-0.1, -0.05) is 20.8 Å². The number of aromatic nitrogens is 2. The van der Waals surface area contributed by atoms with E-state index in [0.29, 0.717) is 17.8 Å². The number of nitrogen functional groups attached to an aromatic ring is 1. The number of nitrogens with zero attached hydrogens (tertiary/aromatic N) is 3. The second-order valence-corrected chi connectivity index (χ2v) is 6.48. The summed E-state index contributed by atoms with van der Waals surface area (Å²) < 4.78 is 0. The predicted octanol–water partition coefficient (Wildman–Crippen LogP) is 1.95. The first kappa shape index (κ1) is 16.0. The summed E-state index contributed by atoms with van der Waals surface area (Å²) in [5.74, 6) is 8.88. The Morgan fingerprint density at radius 3 is 2.52 bits per heavy atom. The van der Waals surface area contributed by atoms with Crippen LogP contribution in [0.1, 0.15) is 44.5 Å². The van der Waals surface area contributed by atoms with Gasteiger partial charge in [0, 0.05) is 24.1 Å². The van der Waals surface area contributed by atoms with Crippen LogP contribution in [0.2, 0.25) is 0 Å². The molecule has 1 aliphatic heterocycles. The molecule has 0 radical (unpaired) electrons. The molecule has 2 atom stereocenters. The van der Waals surface area contributed by atoms with Crippen LogP contribution in [-0.2, 0) is 0 Å². The molecule has 1 aromatic rings. The van der Waals surface area contributed by atoms with Crippen molar-refractivity contribution in [1.29, 1.82) is 0 Å². The minimum atomic E-state index is 0.271. The lowest BCUT2D eigenvalue weighted by Gasteiger charge is -2.35. The second-order valence-electron chi connectivity index (χ2n) is 6.48. The molecule has 1 aromatic heterocycles. The molecule has 6 nitrogen and oxygen atoms in total. The number of rotatable bonds is 4. The van der Waals surface area contributed by atoms with Crippen LogP contribution in [0.4, 0.5) is 11.6 Å². The molecule has 0 spiro atoms. The van der Waals surface area contributed by atoms with E-state index in [1.807, 2.05) is 6.92 Å². The van der Waals surface area contributed by atoms with Gasteiger partial charge in [-0.25, -0.2) is 15.8 Å². The molecule has 0 amide bonds. The van der Waals surface area contributed by atoms with Gasteiger partial charge in [-0.2, -0.15) is 0 Å². The third-order valence-corrected chi connectivity index (χ3v) is 4.25. The molecule has 1 fully saturated rings. The maximum atomic E-state index is 5.59. The number of hydrazine groups is 1. The summed E-state index contributed by atoms with van der Waals surface area (Å²) in [7, 11) is 2.18. The lowest BCUT2D eigenvalue weighted by molar-refractivity contribution is 0.206. The van der Waals surface area contributed by atoms with Gasteiger partial charge in [0.2, 0.25) is 0 Å². The molecule has 0 aliphatic carbocycles. The molecule has 6 heteroatoms. The SMILES string of the molecule is Cc1c(NN)nc(C(C)C)nc1NC1CCN(C)CC1C. The van der Waals surface area contributed by atoms with Gasteiger partial charge in [0.15, 0.2) is 0 Å². The van der Waals surface area contributed by atoms with Crippen molar-refractivity contribution >= 4 is 11.6 Å². The topological polar surface area (TPSA) is 79.1 Å². The van der Waals surface area contributed by atoms with E-state index in [9.17, 15) is 0 Å². The van der Waals surface area contributed by atoms with Crippen molar-refractivity contribution in [3.8, 4) is 0 Å². The zero-order valence-corrected chi connectivity index (χ0v) is 13.8. The number of likely N-dealkylation sites (tertiary alicyclic amines) is 1. The van der Waals surface area contributed by atoms with Crippen molar-refractivity contribution in [3.63, 3.8) is 0 Å². The fourth-order valence-corrected chi connectivity index (χ4v) is 2.82. The van der Waals surface area contributed by atoms with E-state index >= 15 is 0 Å². The lowest BCUT2D eigenvalue weighted by Crippen LogP contribution is -2.43. The Bertz CT molecular complexity index is 487. The van der Waals surface area contributed by atoms with Crippen LogP contribution in [0.15, 0.2) is 0 Å². The quantitative estimate of drug-likeness (QED) is 0.581. The minimum Gasteiger partial charge on any atom is -0.367 e. The van der Waals surface area contributed by atoms with Crippen LogP contribution in [0.5, 0.6) is 0 Å². The highest BCUT2D eigenvalue weighted by Gasteiger charge is 2.25. The Morgan fingerprint density at radius 2 is 1.95 bits per heavy atom. The van der Waals surface area contributed by atoms with Gasteiger partial charge in [-0.15, -0.1) is 0 Å². The van der Waals surface area contributed by atoms with E-state index in [-0.39, 0.29) is 5.92 Å². The number of piperidine rings is 1. The van der Waals surface area contributed by atoms with E-state index in [2.05, 4.69) is 48.4 Å². The number of anilines is 2. The van der Waals surface area contributed by atoms with Gasteiger partial charge >= 0.3 is 0 Å². The summed E-state index contributed by atoms with van der Waals surface area (Å²) in [5, 5.41) is 3.62. The second kappa shape index (κ2) is 6.58. The van der Waals surface area contributed by atoms with E-state index in [1.54, 1.807) is 0 Å². The molecular weight excluding hydrogens is 264 g/mol. The fourth-order valence-electron chi connectivity index (χ4n) is 2.82. The van der Waals surface area contributed by atoms with Gasteiger partial charge in [0.05, 0.1) is 0 Å². The third kappa shape index (κ3) is 3.63. The Hall–Kier alpha value is -1.40. The average molecular weight is 292 g/mol. The van der Waals surface area contributed by atoms with Crippen molar-refractivity contribution in [2.24, 2.45) is 11.8 Å². The average Bonchev–Trinajstić information content (AvgIpc) is 2.43. The normalized spacial score (nSPS) is 23.4. The highest BCUT2D eigenvalue weighted by Crippen LogP contribution is 2.26. The third-order valence-electron chi connectivity index (χ3n) is 4.25. The van der Waals surface area contributed by atoms with Crippen LogP contribution in [0.3, 0.4) is 0 Å². The highest BCUT2D eigenvalue weighted by atomic mass is 15.3. The molecular formula is C15H28N6. The Morgan fingerprint density at radius 1 is 1.29 bits per heavy atom. The molecule has 2 unspecified atom stereocenters. The van der Waals surface area contributed by atoms with E-state index < -0.39 is 0 Å². The van der Waals surface area contributed by atoms with Gasteiger partial charge in [0.25, 0.3) is 0 Å². The van der Waals surface area contributed by atoms with E-state index in [4.69, 9.17) is 10.8 Å². The molecule has 0 bridgehead atoms. The summed E-state index contributed by atoms with van der Waals surface area (Å²) in [6.45, 7) is 10.7. The highest BCUT2D eigenvalue weighted by molar-refractivity contribution is 5.57. The molecule has 4 N–H and O–H groups in total. The molecule has 2 heterocycles. The zero-order valence-electron chi connectivity index (χ0n) is 13.8. The monoisotopic (exact) mass is 292 g/mol. The molecule has 2 rings (SSSR count). The van der Waals surface area contributed by atoms with Crippen LogP contribution >= 0.6 is 0 Å². The molecule has 21 heavy (non-hydrogen) atoms. The first-order valence-corrected chi connectivity index (χ1v) is 7.72. The number of hydrogen-bond donors (Lipinski definition) is 3. The number of nitrogens with two attached hydrogens (primary N) is 1. The van der Waals surface area contributed by atoms with Gasteiger partial charge < -0.3 is 15.6 Å².